The van der Waals surface area contributed by atoms with Gasteiger partial charge in [0.2, 0.25) is 0 Å². The highest BCUT2D eigenvalue weighted by Crippen LogP contribution is 2.16. The third-order valence-corrected chi connectivity index (χ3v) is 3.64. The van der Waals surface area contributed by atoms with Gasteiger partial charge in [-0.15, -0.1) is 0 Å². The quantitative estimate of drug-likeness (QED) is 0.862. The second kappa shape index (κ2) is 6.10. The number of furan rings is 1. The number of halogens is 1. The Bertz CT molecular complexity index is 700. The number of benzene rings is 1. The molecule has 5 heteroatoms. The molecule has 1 aliphatic heterocycles. The van der Waals surface area contributed by atoms with Crippen molar-refractivity contribution in [2.24, 2.45) is 4.99 Å². The number of nitrogens with one attached hydrogen (secondary N) is 1. The van der Waals surface area contributed by atoms with Crippen molar-refractivity contribution in [1.29, 1.82) is 0 Å². The lowest BCUT2D eigenvalue weighted by atomic mass is 10.2. The standard InChI is InChI=1S/C16H13BrN2O2/c17-12-5-3-11(4-6-12)10-14-16(20)19-15(18-14)8-7-13-2-1-9-21-13/h1-6,9-10H,7-8H2,(H,18,19,20)/b14-10+. The van der Waals surface area contributed by atoms with E-state index in [-0.39, 0.29) is 5.91 Å². The van der Waals surface area contributed by atoms with Gasteiger partial charge < -0.3 is 9.73 Å². The van der Waals surface area contributed by atoms with Crippen molar-refractivity contribution in [2.45, 2.75) is 12.8 Å². The van der Waals surface area contributed by atoms with Crippen LogP contribution in [-0.4, -0.2) is 11.7 Å². The van der Waals surface area contributed by atoms with Gasteiger partial charge in [0.25, 0.3) is 5.91 Å². The average molecular weight is 345 g/mol. The van der Waals surface area contributed by atoms with Gasteiger partial charge in [0.05, 0.1) is 6.26 Å². The van der Waals surface area contributed by atoms with Crippen LogP contribution in [0.5, 0.6) is 0 Å². The number of aryl methyl sites for hydroxylation is 1. The maximum atomic E-state index is 11.9. The van der Waals surface area contributed by atoms with Gasteiger partial charge >= 0.3 is 0 Å². The molecule has 1 aromatic heterocycles. The largest absolute Gasteiger partial charge is 0.469 e. The minimum absolute atomic E-state index is 0.160. The Morgan fingerprint density at radius 2 is 2.00 bits per heavy atom. The molecule has 0 bridgehead atoms. The molecule has 0 spiro atoms. The number of nitrogens with zero attached hydrogens (tertiary/aromatic N) is 1. The van der Waals surface area contributed by atoms with E-state index in [0.717, 1.165) is 22.2 Å². The summed E-state index contributed by atoms with van der Waals surface area (Å²) in [4.78, 5) is 16.2. The monoisotopic (exact) mass is 344 g/mol. The average Bonchev–Trinajstić information content (AvgIpc) is 3.10. The zero-order valence-electron chi connectivity index (χ0n) is 11.2. The summed E-state index contributed by atoms with van der Waals surface area (Å²) < 4.78 is 6.27. The van der Waals surface area contributed by atoms with E-state index in [1.54, 1.807) is 12.3 Å². The molecule has 1 aliphatic rings. The third kappa shape index (κ3) is 3.49. The Morgan fingerprint density at radius 3 is 2.71 bits per heavy atom. The van der Waals surface area contributed by atoms with E-state index in [1.807, 2.05) is 36.4 Å². The van der Waals surface area contributed by atoms with Gasteiger partial charge in [-0.05, 0) is 35.9 Å². The Labute approximate surface area is 130 Å². The molecule has 0 saturated carbocycles. The number of carbonyl (C=O) groups is 1. The van der Waals surface area contributed by atoms with E-state index in [2.05, 4.69) is 26.2 Å². The lowest BCUT2D eigenvalue weighted by molar-refractivity contribution is -0.115. The number of carbonyl (C=O) groups excluding carboxylic acids is 1. The first-order valence-corrected chi connectivity index (χ1v) is 7.38. The van der Waals surface area contributed by atoms with Gasteiger partial charge in [-0.1, -0.05) is 28.1 Å². The van der Waals surface area contributed by atoms with E-state index in [4.69, 9.17) is 4.42 Å². The summed E-state index contributed by atoms with van der Waals surface area (Å²) in [6.45, 7) is 0. The molecule has 3 rings (SSSR count). The predicted octanol–water partition coefficient (Wildman–Crippen LogP) is 3.54. The number of aliphatic imine (C=N–C) groups is 1. The maximum Gasteiger partial charge on any atom is 0.275 e. The van der Waals surface area contributed by atoms with E-state index in [0.29, 0.717) is 18.0 Å². The molecule has 106 valence electrons. The zero-order chi connectivity index (χ0) is 14.7. The summed E-state index contributed by atoms with van der Waals surface area (Å²) in [7, 11) is 0. The Morgan fingerprint density at radius 1 is 1.19 bits per heavy atom. The fourth-order valence-electron chi connectivity index (χ4n) is 2.05. The highest BCUT2D eigenvalue weighted by Gasteiger charge is 2.19. The first-order valence-electron chi connectivity index (χ1n) is 6.59. The van der Waals surface area contributed by atoms with E-state index in [1.165, 1.54) is 0 Å². The van der Waals surface area contributed by atoms with Gasteiger partial charge in [0, 0.05) is 17.3 Å². The van der Waals surface area contributed by atoms with Crippen molar-refractivity contribution < 1.29 is 9.21 Å². The SMILES string of the molecule is O=C1NC(CCc2ccco2)=N/C1=C/c1ccc(Br)cc1. The van der Waals surface area contributed by atoms with Crippen LogP contribution in [0.3, 0.4) is 0 Å². The van der Waals surface area contributed by atoms with Crippen LogP contribution in [0.1, 0.15) is 17.7 Å². The van der Waals surface area contributed by atoms with Gasteiger partial charge in [0.1, 0.15) is 17.3 Å². The van der Waals surface area contributed by atoms with Crippen LogP contribution < -0.4 is 5.32 Å². The zero-order valence-corrected chi connectivity index (χ0v) is 12.8. The normalized spacial score (nSPS) is 16.1. The van der Waals surface area contributed by atoms with Gasteiger partial charge in [0.15, 0.2) is 0 Å². The van der Waals surface area contributed by atoms with Crippen LogP contribution in [0.15, 0.2) is 62.2 Å². The molecule has 2 aromatic rings. The molecule has 1 amide bonds. The first-order chi connectivity index (χ1) is 10.2. The van der Waals surface area contributed by atoms with Crippen LogP contribution >= 0.6 is 15.9 Å². The highest BCUT2D eigenvalue weighted by molar-refractivity contribution is 9.10. The maximum absolute atomic E-state index is 11.9. The smallest absolute Gasteiger partial charge is 0.275 e. The molecule has 1 aromatic carbocycles. The van der Waals surface area contributed by atoms with E-state index >= 15 is 0 Å². The van der Waals surface area contributed by atoms with E-state index < -0.39 is 0 Å². The Hall–Kier alpha value is -2.14. The van der Waals surface area contributed by atoms with Crippen LogP contribution in [0.2, 0.25) is 0 Å². The summed E-state index contributed by atoms with van der Waals surface area (Å²) in [6, 6.07) is 11.5. The lowest BCUT2D eigenvalue weighted by Gasteiger charge is -1.97. The topological polar surface area (TPSA) is 54.6 Å². The molecule has 4 nitrogen and oxygen atoms in total. The number of hydrogen-bond donors (Lipinski definition) is 1. The second-order valence-electron chi connectivity index (χ2n) is 4.67. The van der Waals surface area contributed by atoms with Crippen molar-refractivity contribution in [1.82, 2.24) is 5.32 Å². The van der Waals surface area contributed by atoms with Crippen LogP contribution in [0.25, 0.3) is 6.08 Å². The fraction of sp³-hybridized carbons (Fsp3) is 0.125. The molecule has 0 radical (unpaired) electrons. The molecular formula is C16H13BrN2O2. The fourth-order valence-corrected chi connectivity index (χ4v) is 2.31. The predicted molar refractivity (Wildman–Crippen MR) is 84.7 cm³/mol. The van der Waals surface area contributed by atoms with Gasteiger partial charge in [-0.25, -0.2) is 4.99 Å². The Kier molecular flexibility index (Phi) is 4.01. The summed E-state index contributed by atoms with van der Waals surface area (Å²) >= 11 is 3.38. The minimum atomic E-state index is -0.160. The van der Waals surface area contributed by atoms with Crippen molar-refractivity contribution in [3.05, 3.63) is 64.2 Å². The second-order valence-corrected chi connectivity index (χ2v) is 5.59. The van der Waals surface area contributed by atoms with E-state index in [9.17, 15) is 4.79 Å². The van der Waals surface area contributed by atoms with Crippen molar-refractivity contribution in [3.63, 3.8) is 0 Å². The molecule has 0 unspecified atom stereocenters. The molecule has 21 heavy (non-hydrogen) atoms. The van der Waals surface area contributed by atoms with Gasteiger partial charge in [-0.3, -0.25) is 4.79 Å². The van der Waals surface area contributed by atoms with Crippen LogP contribution in [-0.2, 0) is 11.2 Å². The van der Waals surface area contributed by atoms with Crippen molar-refractivity contribution >= 4 is 33.7 Å². The molecule has 0 atom stereocenters. The summed E-state index contributed by atoms with van der Waals surface area (Å²) in [5, 5.41) is 2.79. The highest BCUT2D eigenvalue weighted by atomic mass is 79.9. The first kappa shape index (κ1) is 13.8. The van der Waals surface area contributed by atoms with Crippen molar-refractivity contribution in [2.75, 3.05) is 0 Å². The number of hydrogen-bond acceptors (Lipinski definition) is 3. The molecule has 0 saturated heterocycles. The summed E-state index contributed by atoms with van der Waals surface area (Å²) in [5.74, 6) is 1.41. The third-order valence-electron chi connectivity index (χ3n) is 3.11. The van der Waals surface area contributed by atoms with Crippen LogP contribution in [0, 0.1) is 0 Å². The molecule has 0 aliphatic carbocycles. The molecule has 2 heterocycles. The molecule has 0 fully saturated rings. The number of rotatable bonds is 4. The van der Waals surface area contributed by atoms with Gasteiger partial charge in [-0.2, -0.15) is 0 Å². The number of amides is 1. The van der Waals surface area contributed by atoms with Crippen molar-refractivity contribution in [3.8, 4) is 0 Å². The number of amidine groups is 1. The molecule has 1 N–H and O–H groups in total. The summed E-state index contributed by atoms with van der Waals surface area (Å²) in [5.41, 5.74) is 1.38. The Balaban J connectivity index is 1.71. The minimum Gasteiger partial charge on any atom is -0.469 e. The lowest BCUT2D eigenvalue weighted by Crippen LogP contribution is -2.24. The summed E-state index contributed by atoms with van der Waals surface area (Å²) in [6.07, 6.45) is 4.79. The van der Waals surface area contributed by atoms with Crippen LogP contribution in [0.4, 0.5) is 0 Å². The molecular weight excluding hydrogens is 332 g/mol.